The van der Waals surface area contributed by atoms with E-state index in [2.05, 4.69) is 256 Å². The van der Waals surface area contributed by atoms with Gasteiger partial charge in [-0.05, 0) is 180 Å². The first kappa shape index (κ1) is 41.7. The zero-order chi connectivity index (χ0) is 45.9. The maximum Gasteiger partial charge on any atom is 0.0490 e. The predicted octanol–water partition coefficient (Wildman–Crippen LogP) is 19.6. The van der Waals surface area contributed by atoms with Gasteiger partial charge in [-0.15, -0.1) is 22.7 Å². The van der Waals surface area contributed by atoms with Gasteiger partial charge in [-0.3, -0.25) is 0 Å². The maximum absolute atomic E-state index is 2.40. The second kappa shape index (κ2) is 17.2. The SMILES string of the molecule is Cc1cc(N(c2ccc(-c3ccc4sc5ccccc5c4c3)cc2)c2ccccc2C)ccc1-c1ccc(N(c2ccc(-c3ccc4sc5ccccc5c4c3)cc2)c2ccccc2C)cc1C. The molecule has 2 aromatic heterocycles. The lowest BCUT2D eigenvalue weighted by Gasteiger charge is -2.29. The summed E-state index contributed by atoms with van der Waals surface area (Å²) in [5.74, 6) is 0. The summed E-state index contributed by atoms with van der Waals surface area (Å²) in [6.45, 7) is 8.89. The standard InChI is InChI=1S/C64H48N2S2/c1-41-13-5-9-17-59(41)65(49-27-21-45(22-28-49)47-25-35-63-57(39-47)55-15-7-11-19-61(55)67-63)51-31-33-53(43(3)37-51)54-34-32-52(38-44(54)4)66(60-18-10-6-14-42(60)2)50-29-23-46(24-30-50)48-26-36-64-58(40-48)56-16-8-12-20-62(56)68-64/h5-40H,1-4H3. The van der Waals surface area contributed by atoms with E-state index in [1.165, 1.54) is 107 Å². The highest BCUT2D eigenvalue weighted by molar-refractivity contribution is 7.26. The van der Waals surface area contributed by atoms with Crippen LogP contribution in [0, 0.1) is 27.7 Å². The van der Waals surface area contributed by atoms with Gasteiger partial charge in [0.25, 0.3) is 0 Å². The average Bonchev–Trinajstić information content (AvgIpc) is 3.94. The summed E-state index contributed by atoms with van der Waals surface area (Å²) in [4.78, 5) is 4.80. The van der Waals surface area contributed by atoms with E-state index >= 15 is 0 Å². The van der Waals surface area contributed by atoms with E-state index in [1.54, 1.807) is 0 Å². The molecule has 2 nitrogen and oxygen atoms in total. The van der Waals surface area contributed by atoms with Gasteiger partial charge in [-0.2, -0.15) is 0 Å². The van der Waals surface area contributed by atoms with Crippen LogP contribution in [0.4, 0.5) is 34.1 Å². The Balaban J connectivity index is 0.864. The van der Waals surface area contributed by atoms with Crippen molar-refractivity contribution in [3.8, 4) is 33.4 Å². The lowest BCUT2D eigenvalue weighted by molar-refractivity contribution is 1.23. The number of benzene rings is 10. The van der Waals surface area contributed by atoms with Crippen LogP contribution in [0.5, 0.6) is 0 Å². The smallest absolute Gasteiger partial charge is 0.0490 e. The Labute approximate surface area is 406 Å². The minimum atomic E-state index is 1.12. The molecule has 0 fully saturated rings. The Morgan fingerprint density at radius 1 is 0.265 bits per heavy atom. The minimum absolute atomic E-state index is 1.12. The van der Waals surface area contributed by atoms with Crippen molar-refractivity contribution in [3.63, 3.8) is 0 Å². The molecule has 0 atom stereocenters. The van der Waals surface area contributed by atoms with Gasteiger partial charge in [0, 0.05) is 74.5 Å². The van der Waals surface area contributed by atoms with Gasteiger partial charge in [-0.25, -0.2) is 0 Å². The number of hydrogen-bond donors (Lipinski definition) is 0. The molecule has 12 aromatic rings. The molecule has 0 radical (unpaired) electrons. The Bertz CT molecular complexity index is 3600. The van der Waals surface area contributed by atoms with Crippen molar-refractivity contribution in [1.29, 1.82) is 0 Å². The fourth-order valence-electron chi connectivity index (χ4n) is 10.1. The Hall–Kier alpha value is -7.76. The second-order valence-corrected chi connectivity index (χ2v) is 20.1. The molecule has 326 valence electrons. The molecule has 0 saturated carbocycles. The highest BCUT2D eigenvalue weighted by Crippen LogP contribution is 2.44. The molecule has 0 unspecified atom stereocenters. The lowest BCUT2D eigenvalue weighted by Crippen LogP contribution is -2.12. The number of para-hydroxylation sites is 2. The molecule has 0 bridgehead atoms. The third-order valence-corrected chi connectivity index (χ3v) is 15.9. The van der Waals surface area contributed by atoms with Gasteiger partial charge < -0.3 is 9.80 Å². The maximum atomic E-state index is 2.40. The van der Waals surface area contributed by atoms with Crippen LogP contribution < -0.4 is 9.80 Å². The molecule has 0 aliphatic heterocycles. The minimum Gasteiger partial charge on any atom is -0.310 e. The first-order chi connectivity index (χ1) is 33.3. The van der Waals surface area contributed by atoms with Crippen molar-refractivity contribution in [2.45, 2.75) is 27.7 Å². The van der Waals surface area contributed by atoms with E-state index in [0.717, 1.165) is 22.7 Å². The van der Waals surface area contributed by atoms with Crippen LogP contribution in [-0.2, 0) is 0 Å². The first-order valence-corrected chi connectivity index (χ1v) is 24.9. The van der Waals surface area contributed by atoms with E-state index in [4.69, 9.17) is 0 Å². The van der Waals surface area contributed by atoms with Crippen molar-refractivity contribution >= 4 is 97.1 Å². The summed E-state index contributed by atoms with van der Waals surface area (Å²) in [6.07, 6.45) is 0. The summed E-state index contributed by atoms with van der Waals surface area (Å²) >= 11 is 3.72. The lowest BCUT2D eigenvalue weighted by atomic mass is 9.95. The average molecular weight is 909 g/mol. The van der Waals surface area contributed by atoms with E-state index in [1.807, 2.05) is 22.7 Å². The molecule has 0 aliphatic rings. The molecule has 2 heterocycles. The van der Waals surface area contributed by atoms with Crippen LogP contribution >= 0.6 is 22.7 Å². The second-order valence-electron chi connectivity index (χ2n) is 18.0. The van der Waals surface area contributed by atoms with E-state index < -0.39 is 0 Å². The molecular formula is C64H48N2S2. The van der Waals surface area contributed by atoms with Crippen molar-refractivity contribution in [2.24, 2.45) is 0 Å². The quantitative estimate of drug-likeness (QED) is 0.142. The van der Waals surface area contributed by atoms with Gasteiger partial charge in [-0.1, -0.05) is 121 Å². The van der Waals surface area contributed by atoms with Crippen LogP contribution in [0.15, 0.2) is 218 Å². The molecule has 0 amide bonds. The monoisotopic (exact) mass is 908 g/mol. The molecule has 68 heavy (non-hydrogen) atoms. The highest BCUT2D eigenvalue weighted by Gasteiger charge is 2.20. The molecule has 12 rings (SSSR count). The number of nitrogens with zero attached hydrogens (tertiary/aromatic N) is 2. The van der Waals surface area contributed by atoms with Gasteiger partial charge in [0.2, 0.25) is 0 Å². The zero-order valence-corrected chi connectivity index (χ0v) is 40.1. The largest absolute Gasteiger partial charge is 0.310 e. The normalized spacial score (nSPS) is 11.5. The molecule has 0 saturated heterocycles. The van der Waals surface area contributed by atoms with Gasteiger partial charge in [0.05, 0.1) is 0 Å². The number of aryl methyl sites for hydroxylation is 4. The third kappa shape index (κ3) is 7.43. The molecule has 0 N–H and O–H groups in total. The Morgan fingerprint density at radius 2 is 0.618 bits per heavy atom. The number of anilines is 6. The predicted molar refractivity (Wildman–Crippen MR) is 297 cm³/mol. The van der Waals surface area contributed by atoms with Crippen molar-refractivity contribution in [1.82, 2.24) is 0 Å². The topological polar surface area (TPSA) is 6.48 Å². The van der Waals surface area contributed by atoms with E-state index in [0.29, 0.717) is 0 Å². The van der Waals surface area contributed by atoms with Crippen molar-refractivity contribution in [2.75, 3.05) is 9.80 Å². The molecular weight excluding hydrogens is 861 g/mol. The van der Waals surface area contributed by atoms with Crippen LogP contribution in [-0.4, -0.2) is 0 Å². The van der Waals surface area contributed by atoms with Gasteiger partial charge in [0.1, 0.15) is 0 Å². The molecule has 0 spiro atoms. The van der Waals surface area contributed by atoms with E-state index in [-0.39, 0.29) is 0 Å². The fourth-order valence-corrected chi connectivity index (χ4v) is 12.3. The van der Waals surface area contributed by atoms with Crippen LogP contribution in [0.2, 0.25) is 0 Å². The zero-order valence-electron chi connectivity index (χ0n) is 38.5. The van der Waals surface area contributed by atoms with Crippen molar-refractivity contribution < 1.29 is 0 Å². The summed E-state index contributed by atoms with van der Waals surface area (Å²) < 4.78 is 5.31. The number of fused-ring (bicyclic) bond motifs is 6. The van der Waals surface area contributed by atoms with Crippen LogP contribution in [0.1, 0.15) is 22.3 Å². The highest BCUT2D eigenvalue weighted by atomic mass is 32.1. The molecule has 4 heteroatoms. The fraction of sp³-hybridized carbons (Fsp3) is 0.0625. The summed E-state index contributed by atoms with van der Waals surface area (Å²) in [5, 5.41) is 5.29. The number of hydrogen-bond acceptors (Lipinski definition) is 4. The molecule has 10 aromatic carbocycles. The third-order valence-electron chi connectivity index (χ3n) is 13.6. The van der Waals surface area contributed by atoms with Crippen LogP contribution in [0.3, 0.4) is 0 Å². The number of rotatable bonds is 9. The van der Waals surface area contributed by atoms with Gasteiger partial charge in [0.15, 0.2) is 0 Å². The summed E-state index contributed by atoms with van der Waals surface area (Å²) in [6, 6.07) is 80.6. The van der Waals surface area contributed by atoms with Crippen LogP contribution in [0.25, 0.3) is 73.7 Å². The summed E-state index contributed by atoms with van der Waals surface area (Å²) in [5.41, 5.74) is 19.1. The summed E-state index contributed by atoms with van der Waals surface area (Å²) in [7, 11) is 0. The molecule has 0 aliphatic carbocycles. The Kier molecular flexibility index (Phi) is 10.5. The Morgan fingerprint density at radius 3 is 1.03 bits per heavy atom. The van der Waals surface area contributed by atoms with Gasteiger partial charge >= 0.3 is 0 Å². The number of thiophene rings is 2. The van der Waals surface area contributed by atoms with E-state index in [9.17, 15) is 0 Å². The van der Waals surface area contributed by atoms with Crippen molar-refractivity contribution in [3.05, 3.63) is 241 Å². The first-order valence-electron chi connectivity index (χ1n) is 23.3.